The smallest absolute Gasteiger partial charge is 0.0593 e. The van der Waals surface area contributed by atoms with Gasteiger partial charge >= 0.3 is 0 Å². The fourth-order valence-corrected chi connectivity index (χ4v) is 2.49. The van der Waals surface area contributed by atoms with E-state index in [9.17, 15) is 0 Å². The van der Waals surface area contributed by atoms with E-state index in [1.54, 1.807) is 7.11 Å². The van der Waals surface area contributed by atoms with Crippen molar-refractivity contribution in [2.45, 2.75) is 39.2 Å². The minimum absolute atomic E-state index is 0.640. The summed E-state index contributed by atoms with van der Waals surface area (Å²) < 4.78 is 10.7. The second-order valence-corrected chi connectivity index (χ2v) is 5.56. The molecule has 4 nitrogen and oxygen atoms in total. The Morgan fingerprint density at radius 3 is 2.89 bits per heavy atom. The lowest BCUT2D eigenvalue weighted by molar-refractivity contribution is 0.0819. The molecule has 2 unspecified atom stereocenters. The third-order valence-corrected chi connectivity index (χ3v) is 4.03. The molecule has 1 N–H and O–H groups in total. The number of nitrogens with one attached hydrogen (secondary N) is 1. The summed E-state index contributed by atoms with van der Waals surface area (Å²) in [5.74, 6) is 0.753. The maximum absolute atomic E-state index is 5.66. The molecule has 0 aromatic rings. The van der Waals surface area contributed by atoms with Crippen molar-refractivity contribution in [1.29, 1.82) is 0 Å². The first-order chi connectivity index (χ1) is 9.27. The van der Waals surface area contributed by atoms with Crippen molar-refractivity contribution < 1.29 is 9.47 Å². The van der Waals surface area contributed by atoms with Gasteiger partial charge in [-0.2, -0.15) is 0 Å². The minimum atomic E-state index is 0.640. The van der Waals surface area contributed by atoms with Crippen molar-refractivity contribution in [3.05, 3.63) is 0 Å². The molecule has 1 fully saturated rings. The first kappa shape index (κ1) is 16.9. The monoisotopic (exact) mass is 272 g/mol. The molecule has 0 aromatic carbocycles. The van der Waals surface area contributed by atoms with Crippen LogP contribution in [0.15, 0.2) is 0 Å². The van der Waals surface area contributed by atoms with Gasteiger partial charge in [0.25, 0.3) is 0 Å². The van der Waals surface area contributed by atoms with Gasteiger partial charge in [0.1, 0.15) is 0 Å². The first-order valence-corrected chi connectivity index (χ1v) is 7.80. The Morgan fingerprint density at radius 1 is 1.32 bits per heavy atom. The maximum atomic E-state index is 5.66. The SMILES string of the molecule is CCC(C)C1CN(CCOCCCOC)CCCN1. The quantitative estimate of drug-likeness (QED) is 0.648. The van der Waals surface area contributed by atoms with Gasteiger partial charge < -0.3 is 14.8 Å². The molecule has 0 aromatic heterocycles. The van der Waals surface area contributed by atoms with Crippen LogP contribution in [-0.2, 0) is 9.47 Å². The molecule has 1 saturated heterocycles. The number of rotatable bonds is 9. The minimum Gasteiger partial charge on any atom is -0.385 e. The lowest BCUT2D eigenvalue weighted by Gasteiger charge is -2.27. The van der Waals surface area contributed by atoms with Gasteiger partial charge in [-0.1, -0.05) is 20.3 Å². The third-order valence-electron chi connectivity index (χ3n) is 4.03. The largest absolute Gasteiger partial charge is 0.385 e. The molecule has 1 heterocycles. The lowest BCUT2D eigenvalue weighted by Crippen LogP contribution is -2.42. The van der Waals surface area contributed by atoms with Gasteiger partial charge in [0.2, 0.25) is 0 Å². The van der Waals surface area contributed by atoms with Gasteiger partial charge in [-0.3, -0.25) is 4.90 Å². The van der Waals surface area contributed by atoms with Crippen molar-refractivity contribution in [3.8, 4) is 0 Å². The zero-order valence-electron chi connectivity index (χ0n) is 13.0. The fourth-order valence-electron chi connectivity index (χ4n) is 2.49. The molecule has 1 aliphatic rings. The van der Waals surface area contributed by atoms with E-state index < -0.39 is 0 Å². The molecule has 0 aliphatic carbocycles. The van der Waals surface area contributed by atoms with Crippen molar-refractivity contribution in [2.75, 3.05) is 53.1 Å². The predicted octanol–water partition coefficient (Wildman–Crippen LogP) is 1.75. The number of nitrogens with zero attached hydrogens (tertiary/aromatic N) is 1. The van der Waals surface area contributed by atoms with E-state index in [1.165, 1.54) is 19.4 Å². The second kappa shape index (κ2) is 10.6. The lowest BCUT2D eigenvalue weighted by atomic mass is 9.99. The summed E-state index contributed by atoms with van der Waals surface area (Å²) >= 11 is 0. The summed E-state index contributed by atoms with van der Waals surface area (Å²) in [7, 11) is 1.74. The second-order valence-electron chi connectivity index (χ2n) is 5.56. The Hall–Kier alpha value is -0.160. The van der Waals surface area contributed by atoms with Crippen LogP contribution in [0.1, 0.15) is 33.1 Å². The Balaban J connectivity index is 2.16. The third kappa shape index (κ3) is 7.25. The summed E-state index contributed by atoms with van der Waals surface area (Å²) in [6, 6.07) is 0.640. The normalized spacial score (nSPS) is 23.2. The Bertz CT molecular complexity index is 214. The fraction of sp³-hybridized carbons (Fsp3) is 1.00. The zero-order chi connectivity index (χ0) is 13.9. The van der Waals surface area contributed by atoms with Crippen LogP contribution < -0.4 is 5.32 Å². The van der Waals surface area contributed by atoms with Crippen LogP contribution >= 0.6 is 0 Å². The molecular weight excluding hydrogens is 240 g/mol. The molecule has 0 bridgehead atoms. The molecular formula is C15H32N2O2. The molecule has 0 saturated carbocycles. The topological polar surface area (TPSA) is 33.7 Å². The highest BCUT2D eigenvalue weighted by Gasteiger charge is 2.21. The molecule has 114 valence electrons. The molecule has 0 radical (unpaired) electrons. The molecule has 2 atom stereocenters. The van der Waals surface area contributed by atoms with Gasteiger partial charge in [0, 0.05) is 39.5 Å². The Morgan fingerprint density at radius 2 is 2.16 bits per heavy atom. The molecule has 1 rings (SSSR count). The maximum Gasteiger partial charge on any atom is 0.0593 e. The van der Waals surface area contributed by atoms with E-state index in [0.29, 0.717) is 6.04 Å². The van der Waals surface area contributed by atoms with Crippen LogP contribution in [-0.4, -0.2) is 64.1 Å². The zero-order valence-corrected chi connectivity index (χ0v) is 13.0. The van der Waals surface area contributed by atoms with Gasteiger partial charge in [0.15, 0.2) is 0 Å². The van der Waals surface area contributed by atoms with Crippen molar-refractivity contribution >= 4 is 0 Å². The number of ether oxygens (including phenoxy) is 2. The van der Waals surface area contributed by atoms with Crippen molar-refractivity contribution in [1.82, 2.24) is 10.2 Å². The van der Waals surface area contributed by atoms with Crippen LogP contribution in [0.4, 0.5) is 0 Å². The van der Waals surface area contributed by atoms with Crippen LogP contribution in [0.2, 0.25) is 0 Å². The van der Waals surface area contributed by atoms with Gasteiger partial charge in [-0.05, 0) is 31.8 Å². The van der Waals surface area contributed by atoms with Crippen molar-refractivity contribution in [3.63, 3.8) is 0 Å². The molecule has 0 spiro atoms. The first-order valence-electron chi connectivity index (χ1n) is 7.80. The van der Waals surface area contributed by atoms with E-state index in [1.807, 2.05) is 0 Å². The van der Waals surface area contributed by atoms with E-state index in [0.717, 1.165) is 51.8 Å². The van der Waals surface area contributed by atoms with E-state index in [2.05, 4.69) is 24.1 Å². The summed E-state index contributed by atoms with van der Waals surface area (Å²) in [5.41, 5.74) is 0. The highest BCUT2D eigenvalue weighted by Crippen LogP contribution is 2.12. The number of methoxy groups -OCH3 is 1. The van der Waals surface area contributed by atoms with Crippen molar-refractivity contribution in [2.24, 2.45) is 5.92 Å². The van der Waals surface area contributed by atoms with Crippen LogP contribution in [0.25, 0.3) is 0 Å². The number of hydrogen-bond acceptors (Lipinski definition) is 4. The predicted molar refractivity (Wildman–Crippen MR) is 79.6 cm³/mol. The highest BCUT2D eigenvalue weighted by molar-refractivity contribution is 4.80. The van der Waals surface area contributed by atoms with Gasteiger partial charge in [-0.25, -0.2) is 0 Å². The Kier molecular flexibility index (Phi) is 9.43. The summed E-state index contributed by atoms with van der Waals surface area (Å²) in [4.78, 5) is 2.55. The average molecular weight is 272 g/mol. The standard InChI is InChI=1S/C15H32N2O2/c1-4-14(2)15-13-17(8-5-7-16-15)9-12-19-11-6-10-18-3/h14-16H,4-13H2,1-3H3. The van der Waals surface area contributed by atoms with E-state index in [4.69, 9.17) is 9.47 Å². The molecule has 0 amide bonds. The Labute approximate surface area is 118 Å². The van der Waals surface area contributed by atoms with Crippen LogP contribution in [0.3, 0.4) is 0 Å². The van der Waals surface area contributed by atoms with E-state index in [-0.39, 0.29) is 0 Å². The number of hydrogen-bond donors (Lipinski definition) is 1. The van der Waals surface area contributed by atoms with Gasteiger partial charge in [-0.15, -0.1) is 0 Å². The summed E-state index contributed by atoms with van der Waals surface area (Å²) in [5, 5.41) is 3.68. The van der Waals surface area contributed by atoms with Crippen LogP contribution in [0.5, 0.6) is 0 Å². The molecule has 19 heavy (non-hydrogen) atoms. The molecule has 4 heteroatoms. The van der Waals surface area contributed by atoms with Gasteiger partial charge in [0.05, 0.1) is 6.61 Å². The summed E-state index contributed by atoms with van der Waals surface area (Å²) in [6.07, 6.45) is 3.49. The van der Waals surface area contributed by atoms with E-state index >= 15 is 0 Å². The average Bonchev–Trinajstić information content (AvgIpc) is 2.67. The highest BCUT2D eigenvalue weighted by atomic mass is 16.5. The van der Waals surface area contributed by atoms with Crippen LogP contribution in [0, 0.1) is 5.92 Å². The molecule has 1 aliphatic heterocycles. The summed E-state index contributed by atoms with van der Waals surface area (Å²) in [6.45, 7) is 11.7.